The minimum absolute atomic E-state index is 0.274. The minimum Gasteiger partial charge on any atom is -0.457 e. The first-order valence-electron chi connectivity index (χ1n) is 5.15. The van der Waals surface area contributed by atoms with Crippen LogP contribution in [0, 0.1) is 17.1 Å². The third kappa shape index (κ3) is 2.53. The van der Waals surface area contributed by atoms with Crippen LogP contribution in [-0.4, -0.2) is 6.29 Å². The number of halogens is 1. The van der Waals surface area contributed by atoms with Crippen molar-refractivity contribution in [2.75, 3.05) is 0 Å². The van der Waals surface area contributed by atoms with Gasteiger partial charge in [0.25, 0.3) is 0 Å². The van der Waals surface area contributed by atoms with Crippen LogP contribution < -0.4 is 4.74 Å². The Hall–Kier alpha value is -2.67. The number of nitriles is 1. The molecule has 0 aliphatic carbocycles. The molecular formula is C14H8FNO2. The second kappa shape index (κ2) is 5.11. The van der Waals surface area contributed by atoms with Gasteiger partial charge in [-0.1, -0.05) is 0 Å². The van der Waals surface area contributed by atoms with Gasteiger partial charge in [-0.3, -0.25) is 4.79 Å². The molecule has 0 N–H and O–H groups in total. The lowest BCUT2D eigenvalue weighted by molar-refractivity contribution is 0.112. The number of carbonyl (C=O) groups excluding carboxylic acids is 1. The van der Waals surface area contributed by atoms with Crippen LogP contribution in [0.2, 0.25) is 0 Å². The molecule has 0 amide bonds. The van der Waals surface area contributed by atoms with E-state index in [9.17, 15) is 9.18 Å². The average Bonchev–Trinajstić information content (AvgIpc) is 2.41. The molecule has 0 aliphatic rings. The Morgan fingerprint density at radius 3 is 2.50 bits per heavy atom. The first-order valence-corrected chi connectivity index (χ1v) is 5.15. The Balaban J connectivity index is 2.35. The molecule has 0 radical (unpaired) electrons. The molecule has 0 atom stereocenters. The van der Waals surface area contributed by atoms with Gasteiger partial charge in [-0.05, 0) is 42.5 Å². The molecular weight excluding hydrogens is 233 g/mol. The van der Waals surface area contributed by atoms with Crippen LogP contribution in [0.1, 0.15) is 15.9 Å². The normalized spacial score (nSPS) is 9.56. The Labute approximate surface area is 103 Å². The van der Waals surface area contributed by atoms with Crippen molar-refractivity contribution in [2.45, 2.75) is 0 Å². The molecule has 0 saturated carbocycles. The van der Waals surface area contributed by atoms with Crippen LogP contribution in [0.15, 0.2) is 42.5 Å². The summed E-state index contributed by atoms with van der Waals surface area (Å²) >= 11 is 0. The zero-order chi connectivity index (χ0) is 13.0. The molecule has 0 heterocycles. The standard InChI is InChI=1S/C14H8FNO2/c15-12-3-5-13(6-4-12)18-14-7-10(8-16)1-2-11(14)9-17/h1-7,9H. The molecule has 2 aromatic carbocycles. The van der Waals surface area contributed by atoms with Crippen molar-refractivity contribution in [1.82, 2.24) is 0 Å². The molecule has 88 valence electrons. The quantitative estimate of drug-likeness (QED) is 0.774. The lowest BCUT2D eigenvalue weighted by Gasteiger charge is -2.08. The molecule has 2 aromatic rings. The smallest absolute Gasteiger partial charge is 0.153 e. The van der Waals surface area contributed by atoms with Gasteiger partial charge in [-0.15, -0.1) is 0 Å². The van der Waals surface area contributed by atoms with Gasteiger partial charge in [0, 0.05) is 0 Å². The van der Waals surface area contributed by atoms with Crippen LogP contribution in [0.3, 0.4) is 0 Å². The zero-order valence-corrected chi connectivity index (χ0v) is 9.26. The average molecular weight is 241 g/mol. The van der Waals surface area contributed by atoms with Gasteiger partial charge in [0.15, 0.2) is 6.29 Å². The van der Waals surface area contributed by atoms with Crippen molar-refractivity contribution in [3.63, 3.8) is 0 Å². The van der Waals surface area contributed by atoms with Gasteiger partial charge in [0.2, 0.25) is 0 Å². The second-order valence-electron chi connectivity index (χ2n) is 3.54. The van der Waals surface area contributed by atoms with E-state index in [0.29, 0.717) is 23.2 Å². The van der Waals surface area contributed by atoms with Crippen LogP contribution in [0.25, 0.3) is 0 Å². The summed E-state index contributed by atoms with van der Waals surface area (Å²) in [7, 11) is 0. The zero-order valence-electron chi connectivity index (χ0n) is 9.26. The lowest BCUT2D eigenvalue weighted by Crippen LogP contribution is -1.91. The largest absolute Gasteiger partial charge is 0.457 e. The van der Waals surface area contributed by atoms with Crippen molar-refractivity contribution < 1.29 is 13.9 Å². The minimum atomic E-state index is -0.372. The monoisotopic (exact) mass is 241 g/mol. The number of carbonyl (C=O) groups is 1. The lowest BCUT2D eigenvalue weighted by atomic mass is 10.1. The molecule has 4 heteroatoms. The number of benzene rings is 2. The van der Waals surface area contributed by atoms with E-state index in [1.54, 1.807) is 0 Å². The van der Waals surface area contributed by atoms with Crippen LogP contribution in [0.4, 0.5) is 4.39 Å². The fourth-order valence-electron chi connectivity index (χ4n) is 1.42. The van der Waals surface area contributed by atoms with Crippen molar-refractivity contribution in [2.24, 2.45) is 0 Å². The van der Waals surface area contributed by atoms with E-state index in [-0.39, 0.29) is 11.6 Å². The SMILES string of the molecule is N#Cc1ccc(C=O)c(Oc2ccc(F)cc2)c1. The number of nitrogens with zero attached hydrogens (tertiary/aromatic N) is 1. The first kappa shape index (κ1) is 11.8. The van der Waals surface area contributed by atoms with Crippen molar-refractivity contribution in [3.8, 4) is 17.6 Å². The molecule has 2 rings (SSSR count). The second-order valence-corrected chi connectivity index (χ2v) is 3.54. The highest BCUT2D eigenvalue weighted by Crippen LogP contribution is 2.25. The van der Waals surface area contributed by atoms with E-state index in [0.717, 1.165) is 0 Å². The number of aldehydes is 1. The highest BCUT2D eigenvalue weighted by molar-refractivity contribution is 5.80. The van der Waals surface area contributed by atoms with E-state index in [1.165, 1.54) is 42.5 Å². The molecule has 3 nitrogen and oxygen atoms in total. The summed E-state index contributed by atoms with van der Waals surface area (Å²) in [6.45, 7) is 0. The maximum atomic E-state index is 12.7. The predicted octanol–water partition coefficient (Wildman–Crippen LogP) is 3.30. The van der Waals surface area contributed by atoms with Gasteiger partial charge in [0.05, 0.1) is 17.2 Å². The summed E-state index contributed by atoms with van der Waals surface area (Å²) < 4.78 is 18.2. The highest BCUT2D eigenvalue weighted by atomic mass is 19.1. The number of ether oxygens (including phenoxy) is 1. The van der Waals surface area contributed by atoms with Crippen molar-refractivity contribution >= 4 is 6.29 Å². The topological polar surface area (TPSA) is 50.1 Å². The van der Waals surface area contributed by atoms with Gasteiger partial charge in [-0.2, -0.15) is 5.26 Å². The van der Waals surface area contributed by atoms with Crippen molar-refractivity contribution in [3.05, 3.63) is 59.4 Å². The van der Waals surface area contributed by atoms with Gasteiger partial charge in [-0.25, -0.2) is 4.39 Å². The fourth-order valence-corrected chi connectivity index (χ4v) is 1.42. The Morgan fingerprint density at radius 1 is 1.17 bits per heavy atom. The number of rotatable bonds is 3. The van der Waals surface area contributed by atoms with E-state index >= 15 is 0 Å². The van der Waals surface area contributed by atoms with Gasteiger partial charge >= 0.3 is 0 Å². The number of hydrogen-bond donors (Lipinski definition) is 0. The van der Waals surface area contributed by atoms with Crippen LogP contribution >= 0.6 is 0 Å². The van der Waals surface area contributed by atoms with Crippen molar-refractivity contribution in [1.29, 1.82) is 5.26 Å². The van der Waals surface area contributed by atoms with Crippen LogP contribution in [0.5, 0.6) is 11.5 Å². The molecule has 18 heavy (non-hydrogen) atoms. The Bertz CT molecular complexity index is 615. The molecule has 0 bridgehead atoms. The summed E-state index contributed by atoms with van der Waals surface area (Å²) in [5.41, 5.74) is 0.719. The highest BCUT2D eigenvalue weighted by Gasteiger charge is 2.06. The maximum Gasteiger partial charge on any atom is 0.153 e. The van der Waals surface area contributed by atoms with E-state index in [4.69, 9.17) is 10.00 Å². The van der Waals surface area contributed by atoms with Gasteiger partial charge in [0.1, 0.15) is 17.3 Å². The third-order valence-electron chi connectivity index (χ3n) is 2.31. The van der Waals surface area contributed by atoms with Gasteiger partial charge < -0.3 is 4.74 Å². The molecule has 0 spiro atoms. The van der Waals surface area contributed by atoms with E-state index in [1.807, 2.05) is 6.07 Å². The molecule has 0 aliphatic heterocycles. The first-order chi connectivity index (χ1) is 8.72. The van der Waals surface area contributed by atoms with Crippen LogP contribution in [-0.2, 0) is 0 Å². The molecule has 0 fully saturated rings. The van der Waals surface area contributed by atoms with E-state index in [2.05, 4.69) is 0 Å². The molecule has 0 saturated heterocycles. The summed E-state index contributed by atoms with van der Waals surface area (Å²) in [6, 6.07) is 11.9. The Kier molecular flexibility index (Phi) is 3.35. The number of hydrogen-bond acceptors (Lipinski definition) is 3. The summed E-state index contributed by atoms with van der Waals surface area (Å²) in [6.07, 6.45) is 0.639. The molecule has 0 unspecified atom stereocenters. The predicted molar refractivity (Wildman–Crippen MR) is 63.0 cm³/mol. The summed E-state index contributed by atoms with van der Waals surface area (Å²) in [5.74, 6) is 0.300. The summed E-state index contributed by atoms with van der Waals surface area (Å²) in [4.78, 5) is 10.8. The summed E-state index contributed by atoms with van der Waals surface area (Å²) in [5, 5.41) is 8.78. The van der Waals surface area contributed by atoms with E-state index < -0.39 is 0 Å². The maximum absolute atomic E-state index is 12.7. The third-order valence-corrected chi connectivity index (χ3v) is 2.31. The molecule has 0 aromatic heterocycles. The Morgan fingerprint density at radius 2 is 1.89 bits per heavy atom. The fraction of sp³-hybridized carbons (Fsp3) is 0.